The molecule has 2 nitrogen and oxygen atoms in total. The van der Waals surface area contributed by atoms with Crippen molar-refractivity contribution in [1.82, 2.24) is 5.32 Å². The lowest BCUT2D eigenvalue weighted by atomic mass is 9.89. The lowest BCUT2D eigenvalue weighted by molar-refractivity contribution is -0.137. The third-order valence-electron chi connectivity index (χ3n) is 4.03. The number of nitrogens with zero attached hydrogens (tertiary/aromatic N) is 1. The summed E-state index contributed by atoms with van der Waals surface area (Å²) >= 11 is 0. The molecule has 0 unspecified atom stereocenters. The average molecular weight is 272 g/mol. The smallest absolute Gasteiger partial charge is 0.371 e. The van der Waals surface area contributed by atoms with Crippen LogP contribution in [0.3, 0.4) is 0 Å². The van der Waals surface area contributed by atoms with Gasteiger partial charge in [-0.1, -0.05) is 0 Å². The topological polar surface area (TPSA) is 15.3 Å². The minimum Gasteiger partial charge on any atom is -0.371 e. The van der Waals surface area contributed by atoms with E-state index in [4.69, 9.17) is 0 Å². The molecule has 1 saturated heterocycles. The molecule has 0 saturated carbocycles. The highest BCUT2D eigenvalue weighted by Gasteiger charge is 2.31. The van der Waals surface area contributed by atoms with Crippen LogP contribution in [0.2, 0.25) is 0 Å². The fourth-order valence-corrected chi connectivity index (χ4v) is 2.37. The number of hydrogen-bond acceptors (Lipinski definition) is 2. The van der Waals surface area contributed by atoms with Gasteiger partial charge >= 0.3 is 6.18 Å². The molecule has 1 aromatic carbocycles. The highest BCUT2D eigenvalue weighted by Crippen LogP contribution is 2.31. The second-order valence-electron chi connectivity index (χ2n) is 5.34. The van der Waals surface area contributed by atoms with Crippen LogP contribution < -0.4 is 10.2 Å². The zero-order chi connectivity index (χ0) is 14.1. The number of anilines is 1. The van der Waals surface area contributed by atoms with Gasteiger partial charge in [0.15, 0.2) is 0 Å². The monoisotopic (exact) mass is 272 g/mol. The Morgan fingerprint density at radius 1 is 1.11 bits per heavy atom. The van der Waals surface area contributed by atoms with E-state index >= 15 is 0 Å². The summed E-state index contributed by atoms with van der Waals surface area (Å²) in [5.74, 6) is 0. The first kappa shape index (κ1) is 14.2. The van der Waals surface area contributed by atoms with Gasteiger partial charge in [-0.2, -0.15) is 13.2 Å². The van der Waals surface area contributed by atoms with E-state index in [2.05, 4.69) is 17.1 Å². The van der Waals surface area contributed by atoms with Gasteiger partial charge in [0.25, 0.3) is 0 Å². The summed E-state index contributed by atoms with van der Waals surface area (Å²) in [6.07, 6.45) is -2.28. The van der Waals surface area contributed by atoms with Crippen LogP contribution in [0.4, 0.5) is 18.9 Å². The Morgan fingerprint density at radius 2 is 1.63 bits per heavy atom. The third-order valence-corrected chi connectivity index (χ3v) is 4.03. The Bertz CT molecular complexity index is 417. The summed E-state index contributed by atoms with van der Waals surface area (Å²) in [6, 6.07) is 5.43. The van der Waals surface area contributed by atoms with Crippen molar-refractivity contribution in [2.45, 2.75) is 31.5 Å². The van der Waals surface area contributed by atoms with Crippen molar-refractivity contribution in [3.63, 3.8) is 0 Å². The van der Waals surface area contributed by atoms with Gasteiger partial charge in [-0.05, 0) is 51.1 Å². The van der Waals surface area contributed by atoms with Crippen molar-refractivity contribution >= 4 is 5.69 Å². The van der Waals surface area contributed by atoms with Gasteiger partial charge in [-0.15, -0.1) is 0 Å². The molecule has 0 bridgehead atoms. The molecule has 1 N–H and O–H groups in total. The number of nitrogens with one attached hydrogen (secondary N) is 1. The summed E-state index contributed by atoms with van der Waals surface area (Å²) in [6.45, 7) is 3.91. The van der Waals surface area contributed by atoms with Gasteiger partial charge in [0.05, 0.1) is 5.56 Å². The average Bonchev–Trinajstić information content (AvgIpc) is 2.39. The van der Waals surface area contributed by atoms with Gasteiger partial charge in [0.2, 0.25) is 0 Å². The van der Waals surface area contributed by atoms with Crippen molar-refractivity contribution in [2.24, 2.45) is 0 Å². The van der Waals surface area contributed by atoms with Crippen molar-refractivity contribution in [3.05, 3.63) is 29.8 Å². The van der Waals surface area contributed by atoms with Gasteiger partial charge in [0.1, 0.15) is 0 Å². The van der Waals surface area contributed by atoms with Crippen LogP contribution in [-0.4, -0.2) is 25.7 Å². The van der Waals surface area contributed by atoms with Crippen molar-refractivity contribution in [1.29, 1.82) is 0 Å². The standard InChI is InChI=1S/C14H19F3N2/c1-13(18-2)7-9-19(10-8-13)12-5-3-11(4-6-12)14(15,16)17/h3-6,18H,7-10H2,1-2H3. The molecule has 1 aromatic rings. The molecular weight excluding hydrogens is 253 g/mol. The fourth-order valence-electron chi connectivity index (χ4n) is 2.37. The summed E-state index contributed by atoms with van der Waals surface area (Å²) in [5.41, 5.74) is 0.419. The van der Waals surface area contributed by atoms with Crippen molar-refractivity contribution in [2.75, 3.05) is 25.0 Å². The van der Waals surface area contributed by atoms with Gasteiger partial charge in [0, 0.05) is 24.3 Å². The minimum absolute atomic E-state index is 0.141. The highest BCUT2D eigenvalue weighted by molar-refractivity contribution is 5.48. The molecule has 1 aliphatic heterocycles. The SMILES string of the molecule is CNC1(C)CCN(c2ccc(C(F)(F)F)cc2)CC1. The predicted molar refractivity (Wildman–Crippen MR) is 70.4 cm³/mol. The quantitative estimate of drug-likeness (QED) is 0.888. The first-order valence-electron chi connectivity index (χ1n) is 6.45. The molecule has 1 fully saturated rings. The van der Waals surface area contributed by atoms with Gasteiger partial charge in [-0.3, -0.25) is 0 Å². The highest BCUT2D eigenvalue weighted by atomic mass is 19.4. The maximum absolute atomic E-state index is 12.5. The van der Waals surface area contributed by atoms with Crippen LogP contribution in [-0.2, 0) is 6.18 Å². The molecule has 1 heterocycles. The molecular formula is C14H19F3N2. The molecule has 0 amide bonds. The molecule has 0 aliphatic carbocycles. The number of rotatable bonds is 2. The molecule has 2 rings (SSSR count). The lowest BCUT2D eigenvalue weighted by Crippen LogP contribution is -2.50. The van der Waals surface area contributed by atoms with E-state index in [1.54, 1.807) is 12.1 Å². The first-order chi connectivity index (χ1) is 8.84. The van der Waals surface area contributed by atoms with Crippen LogP contribution in [0.1, 0.15) is 25.3 Å². The molecule has 0 aromatic heterocycles. The second-order valence-corrected chi connectivity index (χ2v) is 5.34. The van der Waals surface area contributed by atoms with Gasteiger partial charge < -0.3 is 10.2 Å². The summed E-state index contributed by atoms with van der Waals surface area (Å²) in [4.78, 5) is 2.14. The van der Waals surface area contributed by atoms with Crippen LogP contribution in [0.5, 0.6) is 0 Å². The van der Waals surface area contributed by atoms with E-state index in [9.17, 15) is 13.2 Å². The Hall–Kier alpha value is -1.23. The second kappa shape index (κ2) is 5.04. The van der Waals surface area contributed by atoms with Crippen molar-refractivity contribution in [3.8, 4) is 0 Å². The van der Waals surface area contributed by atoms with Crippen LogP contribution in [0, 0.1) is 0 Å². The van der Waals surface area contributed by atoms with Crippen molar-refractivity contribution < 1.29 is 13.2 Å². The molecule has 0 atom stereocenters. The summed E-state index contributed by atoms with van der Waals surface area (Å²) in [5, 5.41) is 3.31. The van der Waals surface area contributed by atoms with Crippen LogP contribution >= 0.6 is 0 Å². The Kier molecular flexibility index (Phi) is 3.76. The number of hydrogen-bond donors (Lipinski definition) is 1. The Labute approximate surface area is 111 Å². The number of piperidine rings is 1. The van der Waals surface area contributed by atoms with E-state index in [-0.39, 0.29) is 5.54 Å². The van der Waals surface area contributed by atoms with Crippen LogP contribution in [0.15, 0.2) is 24.3 Å². The zero-order valence-electron chi connectivity index (χ0n) is 11.2. The molecule has 0 spiro atoms. The minimum atomic E-state index is -4.26. The molecule has 5 heteroatoms. The fraction of sp³-hybridized carbons (Fsp3) is 0.571. The zero-order valence-corrected chi connectivity index (χ0v) is 11.2. The van der Waals surface area contributed by atoms with Crippen LogP contribution in [0.25, 0.3) is 0 Å². The van der Waals surface area contributed by atoms with E-state index in [0.717, 1.165) is 43.8 Å². The molecule has 106 valence electrons. The maximum Gasteiger partial charge on any atom is 0.416 e. The lowest BCUT2D eigenvalue weighted by Gasteiger charge is -2.40. The maximum atomic E-state index is 12.5. The van der Waals surface area contributed by atoms with E-state index in [1.807, 2.05) is 7.05 Å². The number of benzene rings is 1. The van der Waals surface area contributed by atoms with E-state index in [0.29, 0.717) is 0 Å². The summed E-state index contributed by atoms with van der Waals surface area (Å²) < 4.78 is 37.5. The van der Waals surface area contributed by atoms with Gasteiger partial charge in [-0.25, -0.2) is 0 Å². The van der Waals surface area contributed by atoms with E-state index < -0.39 is 11.7 Å². The largest absolute Gasteiger partial charge is 0.416 e. The predicted octanol–water partition coefficient (Wildman–Crippen LogP) is 3.28. The molecule has 1 aliphatic rings. The molecule has 19 heavy (non-hydrogen) atoms. The number of halogens is 3. The third kappa shape index (κ3) is 3.21. The Balaban J connectivity index is 2.04. The number of alkyl halides is 3. The summed E-state index contributed by atoms with van der Waals surface area (Å²) in [7, 11) is 1.95. The van der Waals surface area contributed by atoms with E-state index in [1.165, 1.54) is 0 Å². The first-order valence-corrected chi connectivity index (χ1v) is 6.45. The normalized spacial score (nSPS) is 19.5. The Morgan fingerprint density at radius 3 is 2.05 bits per heavy atom. The molecule has 0 radical (unpaired) electrons.